The number of hydrogen-bond donors (Lipinski definition) is 1. The molecule has 1 heterocycles. The van der Waals surface area contributed by atoms with Crippen LogP contribution < -0.4 is 0 Å². The number of rotatable bonds is 7. The third-order valence-electron chi connectivity index (χ3n) is 5.69. The van der Waals surface area contributed by atoms with Crippen molar-refractivity contribution in [1.29, 1.82) is 0 Å². The van der Waals surface area contributed by atoms with Gasteiger partial charge in [0.05, 0.1) is 5.69 Å². The maximum atomic E-state index is 12.7. The molecule has 6 heteroatoms. The lowest BCUT2D eigenvalue weighted by Crippen LogP contribution is -2.33. The van der Waals surface area contributed by atoms with Gasteiger partial charge in [0.1, 0.15) is 16.9 Å². The molecule has 0 bridgehead atoms. The number of aliphatic hydroxyl groups is 1. The van der Waals surface area contributed by atoms with Crippen LogP contribution in [0.2, 0.25) is 5.02 Å². The van der Waals surface area contributed by atoms with Crippen LogP contribution >= 0.6 is 22.9 Å². The number of carbonyl (C=O) groups excluding carboxylic acids is 2. The van der Waals surface area contributed by atoms with Crippen LogP contribution in [0.25, 0.3) is 10.6 Å². The minimum atomic E-state index is -0.588. The van der Waals surface area contributed by atoms with Crippen LogP contribution in [0.3, 0.4) is 0 Å². The number of benzene rings is 1. The van der Waals surface area contributed by atoms with Crippen LogP contribution in [0.4, 0.5) is 0 Å². The fourth-order valence-corrected chi connectivity index (χ4v) is 5.03. The van der Waals surface area contributed by atoms with Gasteiger partial charge in [0, 0.05) is 39.6 Å². The molecule has 1 N–H and O–H groups in total. The molecule has 1 aromatic carbocycles. The van der Waals surface area contributed by atoms with Gasteiger partial charge in [-0.2, -0.15) is 0 Å². The van der Waals surface area contributed by atoms with Crippen LogP contribution in [0, 0.1) is 24.4 Å². The van der Waals surface area contributed by atoms with Gasteiger partial charge in [0.25, 0.3) is 0 Å². The summed E-state index contributed by atoms with van der Waals surface area (Å²) in [4.78, 5) is 30.8. The molecule has 1 saturated carbocycles. The van der Waals surface area contributed by atoms with Crippen LogP contribution in [0.5, 0.6) is 0 Å². The zero-order valence-electron chi connectivity index (χ0n) is 16.5. The van der Waals surface area contributed by atoms with Crippen molar-refractivity contribution in [2.75, 3.05) is 0 Å². The average Bonchev–Trinajstić information content (AvgIpc) is 3.08. The highest BCUT2D eigenvalue weighted by Gasteiger charge is 2.38. The van der Waals surface area contributed by atoms with E-state index in [1.165, 1.54) is 0 Å². The number of halogens is 1. The number of thiazole rings is 1. The van der Waals surface area contributed by atoms with Crippen molar-refractivity contribution in [3.63, 3.8) is 0 Å². The molecule has 0 saturated heterocycles. The minimum Gasteiger partial charge on any atom is -0.462 e. The maximum Gasteiger partial charge on any atom is 0.214 e. The van der Waals surface area contributed by atoms with Crippen molar-refractivity contribution in [3.8, 4) is 22.6 Å². The Morgan fingerprint density at radius 1 is 1.21 bits per heavy atom. The highest BCUT2D eigenvalue weighted by Crippen LogP contribution is 2.41. The maximum absolute atomic E-state index is 12.7. The highest BCUT2D eigenvalue weighted by atomic mass is 35.5. The summed E-state index contributed by atoms with van der Waals surface area (Å²) in [5.74, 6) is 2.14. The van der Waals surface area contributed by atoms with Crippen LogP contribution in [-0.2, 0) is 16.0 Å². The number of aliphatic hydroxyl groups excluding tert-OH is 1. The first kappa shape index (κ1) is 21.5. The van der Waals surface area contributed by atoms with Crippen LogP contribution in [-0.4, -0.2) is 21.7 Å². The van der Waals surface area contributed by atoms with E-state index in [9.17, 15) is 9.59 Å². The van der Waals surface area contributed by atoms with Crippen LogP contribution in [0.15, 0.2) is 24.3 Å². The standard InChI is InChI=1S/C23H24ClNO3S/c1-16-20(25-22(29-16)17-5-7-18(24)8-6-17)15-19(27)9-13-23(21(28)10-14-26)11-3-2-4-12-23/h5-8,26H,2-4,9,11-13,15H2,1H3. The third-order valence-corrected chi connectivity index (χ3v) is 7.01. The van der Waals surface area contributed by atoms with E-state index in [1.807, 2.05) is 31.2 Å². The Morgan fingerprint density at radius 2 is 1.90 bits per heavy atom. The predicted molar refractivity (Wildman–Crippen MR) is 115 cm³/mol. The molecule has 1 aliphatic rings. The summed E-state index contributed by atoms with van der Waals surface area (Å²) in [6, 6.07) is 7.50. The summed E-state index contributed by atoms with van der Waals surface area (Å²) < 4.78 is 0. The topological polar surface area (TPSA) is 67.3 Å². The van der Waals surface area contributed by atoms with Crippen molar-refractivity contribution in [2.24, 2.45) is 5.41 Å². The van der Waals surface area contributed by atoms with Gasteiger partial charge in [-0.3, -0.25) is 9.59 Å². The molecule has 1 aromatic heterocycles. The molecule has 0 atom stereocenters. The largest absolute Gasteiger partial charge is 0.462 e. The molecule has 29 heavy (non-hydrogen) atoms. The second-order valence-corrected chi connectivity index (χ2v) is 9.29. The van der Waals surface area contributed by atoms with Gasteiger partial charge in [-0.05, 0) is 38.3 Å². The Labute approximate surface area is 180 Å². The van der Waals surface area contributed by atoms with E-state index >= 15 is 0 Å². The molecule has 1 fully saturated rings. The first-order valence-corrected chi connectivity index (χ1v) is 11.1. The molecule has 3 rings (SSSR count). The van der Waals surface area contributed by atoms with Crippen molar-refractivity contribution in [1.82, 2.24) is 4.98 Å². The normalized spacial score (nSPS) is 15.4. The van der Waals surface area contributed by atoms with Crippen molar-refractivity contribution >= 4 is 34.5 Å². The Morgan fingerprint density at radius 3 is 2.55 bits per heavy atom. The first-order chi connectivity index (χ1) is 13.9. The van der Waals surface area contributed by atoms with Crippen molar-refractivity contribution in [3.05, 3.63) is 39.9 Å². The first-order valence-electron chi connectivity index (χ1n) is 9.87. The zero-order chi connectivity index (χ0) is 20.9. The van der Waals surface area contributed by atoms with E-state index in [0.717, 1.165) is 53.2 Å². The molecule has 4 nitrogen and oxygen atoms in total. The SMILES string of the molecule is Cc1sc(-c2ccc(Cl)cc2)nc1CC(=O)CCC1(C(=O)C#CO)CCCCC1. The molecule has 0 aliphatic heterocycles. The van der Waals surface area contributed by atoms with E-state index in [-0.39, 0.29) is 18.0 Å². The second kappa shape index (κ2) is 9.56. The molecular formula is C23H24ClNO3S. The van der Waals surface area contributed by atoms with Gasteiger partial charge < -0.3 is 5.11 Å². The second-order valence-electron chi connectivity index (χ2n) is 7.65. The zero-order valence-corrected chi connectivity index (χ0v) is 18.0. The molecule has 2 aromatic rings. The lowest BCUT2D eigenvalue weighted by atomic mass is 9.68. The van der Waals surface area contributed by atoms with E-state index in [4.69, 9.17) is 16.7 Å². The summed E-state index contributed by atoms with van der Waals surface area (Å²) in [7, 11) is 0. The lowest BCUT2D eigenvalue weighted by molar-refractivity contribution is -0.126. The number of aromatic nitrogens is 1. The number of nitrogens with zero attached hydrogens (tertiary/aromatic N) is 1. The number of Topliss-reactive ketones (excluding diaryl/α,β-unsaturated/α-hetero) is 2. The monoisotopic (exact) mass is 429 g/mol. The van der Waals surface area contributed by atoms with Crippen molar-refractivity contribution in [2.45, 2.75) is 58.3 Å². The van der Waals surface area contributed by atoms with Gasteiger partial charge >= 0.3 is 0 Å². The Bertz CT molecular complexity index is 947. The summed E-state index contributed by atoms with van der Waals surface area (Å²) >= 11 is 7.51. The van der Waals surface area contributed by atoms with E-state index in [2.05, 4.69) is 10.9 Å². The lowest BCUT2D eigenvalue weighted by Gasteiger charge is -2.34. The van der Waals surface area contributed by atoms with E-state index in [0.29, 0.717) is 17.9 Å². The van der Waals surface area contributed by atoms with E-state index in [1.54, 1.807) is 17.4 Å². The fourth-order valence-electron chi connectivity index (χ4n) is 3.96. The number of aryl methyl sites for hydroxylation is 1. The number of ketones is 2. The van der Waals surface area contributed by atoms with Gasteiger partial charge in [0.15, 0.2) is 0 Å². The molecule has 0 unspecified atom stereocenters. The Kier molecular flexibility index (Phi) is 7.10. The summed E-state index contributed by atoms with van der Waals surface area (Å²) in [6.07, 6.45) is 7.33. The Balaban J connectivity index is 1.66. The van der Waals surface area contributed by atoms with Crippen molar-refractivity contribution < 1.29 is 14.7 Å². The fraction of sp³-hybridized carbons (Fsp3) is 0.435. The van der Waals surface area contributed by atoms with E-state index < -0.39 is 5.41 Å². The van der Waals surface area contributed by atoms with Crippen LogP contribution in [0.1, 0.15) is 55.5 Å². The predicted octanol–water partition coefficient (Wildman–Crippen LogP) is 5.52. The number of carbonyl (C=O) groups is 2. The van der Waals surface area contributed by atoms with Gasteiger partial charge in [0.2, 0.25) is 5.78 Å². The summed E-state index contributed by atoms with van der Waals surface area (Å²) in [5.41, 5.74) is 1.19. The molecule has 0 spiro atoms. The minimum absolute atomic E-state index is 0.0794. The average molecular weight is 430 g/mol. The molecular weight excluding hydrogens is 406 g/mol. The molecule has 152 valence electrons. The summed E-state index contributed by atoms with van der Waals surface area (Å²) in [5, 5.41) is 10.4. The smallest absolute Gasteiger partial charge is 0.214 e. The molecule has 1 aliphatic carbocycles. The third kappa shape index (κ3) is 5.26. The van der Waals surface area contributed by atoms with Gasteiger partial charge in [-0.1, -0.05) is 43.0 Å². The Hall–Kier alpha value is -2.16. The number of hydrogen-bond acceptors (Lipinski definition) is 5. The quantitative estimate of drug-likeness (QED) is 0.588. The van der Waals surface area contributed by atoms with Gasteiger partial charge in [-0.15, -0.1) is 11.3 Å². The highest BCUT2D eigenvalue weighted by molar-refractivity contribution is 7.15. The van der Waals surface area contributed by atoms with Gasteiger partial charge in [-0.25, -0.2) is 4.98 Å². The summed E-state index contributed by atoms with van der Waals surface area (Å²) in [6.45, 7) is 1.97. The molecule has 0 amide bonds. The molecule has 0 radical (unpaired) electrons.